The van der Waals surface area contributed by atoms with Crippen molar-refractivity contribution in [3.63, 3.8) is 0 Å². The number of benzene rings is 1. The van der Waals surface area contributed by atoms with Gasteiger partial charge in [0.1, 0.15) is 18.1 Å². The van der Waals surface area contributed by atoms with E-state index in [4.69, 9.17) is 9.52 Å². The molecule has 5 nitrogen and oxygen atoms in total. The molecule has 1 heterocycles. The van der Waals surface area contributed by atoms with Gasteiger partial charge in [0.2, 0.25) is 0 Å². The fourth-order valence-corrected chi connectivity index (χ4v) is 1.61. The van der Waals surface area contributed by atoms with E-state index in [1.807, 2.05) is 0 Å². The zero-order valence-corrected chi connectivity index (χ0v) is 9.21. The predicted octanol–water partition coefficient (Wildman–Crippen LogP) is 2.66. The third-order valence-electron chi connectivity index (χ3n) is 2.43. The highest BCUT2D eigenvalue weighted by molar-refractivity contribution is 5.70. The van der Waals surface area contributed by atoms with Crippen LogP contribution in [0.2, 0.25) is 0 Å². The van der Waals surface area contributed by atoms with Crippen molar-refractivity contribution in [3.05, 3.63) is 51.8 Å². The molecule has 0 fully saturated rings. The molecule has 1 N–H and O–H groups in total. The standard InChI is InChI=1S/C12H11NO4/c1-8-2-4-10(11(6-8)13(15)16)12-5-3-9(7-14)17-12/h2-6,14H,7H2,1H3. The molecule has 0 unspecified atom stereocenters. The monoisotopic (exact) mass is 233 g/mol. The molecule has 1 aromatic carbocycles. The summed E-state index contributed by atoms with van der Waals surface area (Å²) in [6.07, 6.45) is 0. The summed E-state index contributed by atoms with van der Waals surface area (Å²) in [5.74, 6) is 0.774. The number of nitro groups is 1. The van der Waals surface area contributed by atoms with Crippen LogP contribution >= 0.6 is 0 Å². The largest absolute Gasteiger partial charge is 0.458 e. The third kappa shape index (κ3) is 2.19. The lowest BCUT2D eigenvalue weighted by atomic mass is 10.1. The first-order chi connectivity index (χ1) is 8.11. The van der Waals surface area contributed by atoms with E-state index in [0.29, 0.717) is 17.1 Å². The van der Waals surface area contributed by atoms with Crippen molar-refractivity contribution < 1.29 is 14.4 Å². The molecule has 5 heteroatoms. The molecule has 0 aliphatic carbocycles. The number of aliphatic hydroxyl groups is 1. The zero-order chi connectivity index (χ0) is 12.4. The Morgan fingerprint density at radius 3 is 2.71 bits per heavy atom. The quantitative estimate of drug-likeness (QED) is 0.653. The van der Waals surface area contributed by atoms with Gasteiger partial charge in [-0.3, -0.25) is 10.1 Å². The minimum absolute atomic E-state index is 0.00356. The summed E-state index contributed by atoms with van der Waals surface area (Å²) in [6.45, 7) is 1.57. The van der Waals surface area contributed by atoms with E-state index in [1.165, 1.54) is 6.07 Å². The molecule has 0 bridgehead atoms. The Hall–Kier alpha value is -2.14. The smallest absolute Gasteiger partial charge is 0.280 e. The molecule has 1 aromatic heterocycles. The van der Waals surface area contributed by atoms with Crippen LogP contribution in [0.4, 0.5) is 5.69 Å². The van der Waals surface area contributed by atoms with Crippen molar-refractivity contribution >= 4 is 5.69 Å². The Bertz CT molecular complexity index is 559. The first-order valence-electron chi connectivity index (χ1n) is 5.07. The lowest BCUT2D eigenvalue weighted by Crippen LogP contribution is -1.92. The zero-order valence-electron chi connectivity index (χ0n) is 9.21. The van der Waals surface area contributed by atoms with Gasteiger partial charge in [0.25, 0.3) is 5.69 Å². The molecule has 0 atom stereocenters. The number of furan rings is 1. The average Bonchev–Trinajstić information content (AvgIpc) is 2.77. The van der Waals surface area contributed by atoms with Crippen molar-refractivity contribution in [2.75, 3.05) is 0 Å². The van der Waals surface area contributed by atoms with Gasteiger partial charge in [-0.1, -0.05) is 6.07 Å². The minimum Gasteiger partial charge on any atom is -0.458 e. The fraction of sp³-hybridized carbons (Fsp3) is 0.167. The van der Waals surface area contributed by atoms with Crippen molar-refractivity contribution in [2.45, 2.75) is 13.5 Å². The van der Waals surface area contributed by atoms with Crippen LogP contribution in [-0.4, -0.2) is 10.0 Å². The van der Waals surface area contributed by atoms with Gasteiger partial charge in [-0.25, -0.2) is 0 Å². The SMILES string of the molecule is Cc1ccc(-c2ccc(CO)o2)c([N+](=O)[O-])c1. The number of nitro benzene ring substituents is 1. The number of rotatable bonds is 3. The molecule has 88 valence electrons. The van der Waals surface area contributed by atoms with Crippen molar-refractivity contribution in [1.82, 2.24) is 0 Å². The molecular weight excluding hydrogens is 222 g/mol. The minimum atomic E-state index is -0.441. The highest BCUT2D eigenvalue weighted by atomic mass is 16.6. The Balaban J connectivity index is 2.54. The lowest BCUT2D eigenvalue weighted by molar-refractivity contribution is -0.384. The van der Waals surface area contributed by atoms with Crippen LogP contribution in [-0.2, 0) is 6.61 Å². The van der Waals surface area contributed by atoms with Crippen LogP contribution in [0.25, 0.3) is 11.3 Å². The molecule has 2 aromatic rings. The van der Waals surface area contributed by atoms with Crippen LogP contribution < -0.4 is 0 Å². The van der Waals surface area contributed by atoms with Crippen molar-refractivity contribution in [2.24, 2.45) is 0 Å². The molecule has 0 aliphatic heterocycles. The summed E-state index contributed by atoms with van der Waals surface area (Å²) >= 11 is 0. The van der Waals surface area contributed by atoms with Crippen LogP contribution in [0.5, 0.6) is 0 Å². The molecular formula is C12H11NO4. The van der Waals surface area contributed by atoms with Crippen molar-refractivity contribution in [1.29, 1.82) is 0 Å². The van der Waals surface area contributed by atoms with Gasteiger partial charge in [-0.2, -0.15) is 0 Å². The predicted molar refractivity (Wildman–Crippen MR) is 61.5 cm³/mol. The average molecular weight is 233 g/mol. The van der Waals surface area contributed by atoms with Gasteiger partial charge < -0.3 is 9.52 Å². The first-order valence-corrected chi connectivity index (χ1v) is 5.07. The molecule has 0 amide bonds. The van der Waals surface area contributed by atoms with Gasteiger partial charge in [0.05, 0.1) is 10.5 Å². The van der Waals surface area contributed by atoms with Gasteiger partial charge in [0, 0.05) is 6.07 Å². The van der Waals surface area contributed by atoms with E-state index in [0.717, 1.165) is 5.56 Å². The topological polar surface area (TPSA) is 76.5 Å². The molecule has 0 aliphatic rings. The fourth-order valence-electron chi connectivity index (χ4n) is 1.61. The normalized spacial score (nSPS) is 10.5. The summed E-state index contributed by atoms with van der Waals surface area (Å²) in [5.41, 5.74) is 1.23. The Morgan fingerprint density at radius 1 is 1.35 bits per heavy atom. The lowest BCUT2D eigenvalue weighted by Gasteiger charge is -2.01. The number of hydrogen-bond acceptors (Lipinski definition) is 4. The summed E-state index contributed by atoms with van der Waals surface area (Å²) in [6, 6.07) is 8.13. The van der Waals surface area contributed by atoms with Crippen molar-refractivity contribution in [3.8, 4) is 11.3 Å². The Morgan fingerprint density at radius 2 is 2.12 bits per heavy atom. The van der Waals surface area contributed by atoms with Crippen LogP contribution in [0.1, 0.15) is 11.3 Å². The van der Waals surface area contributed by atoms with E-state index < -0.39 is 4.92 Å². The molecule has 0 saturated carbocycles. The van der Waals surface area contributed by atoms with E-state index in [1.54, 1.807) is 31.2 Å². The summed E-state index contributed by atoms with van der Waals surface area (Å²) < 4.78 is 5.30. The Labute approximate surface area is 97.5 Å². The molecule has 2 rings (SSSR count). The summed E-state index contributed by atoms with van der Waals surface area (Å²) in [4.78, 5) is 10.5. The Kier molecular flexibility index (Phi) is 2.93. The van der Waals surface area contributed by atoms with Gasteiger partial charge >= 0.3 is 0 Å². The van der Waals surface area contributed by atoms with E-state index in [9.17, 15) is 10.1 Å². The highest BCUT2D eigenvalue weighted by Crippen LogP contribution is 2.31. The maximum atomic E-state index is 10.9. The molecule has 0 spiro atoms. The number of aryl methyl sites for hydroxylation is 1. The van der Waals surface area contributed by atoms with E-state index in [2.05, 4.69) is 0 Å². The van der Waals surface area contributed by atoms with Crippen LogP contribution in [0.3, 0.4) is 0 Å². The summed E-state index contributed by atoms with van der Waals surface area (Å²) in [5, 5.41) is 19.8. The number of aliphatic hydroxyl groups excluding tert-OH is 1. The second-order valence-corrected chi connectivity index (χ2v) is 3.70. The first kappa shape index (κ1) is 11.3. The van der Waals surface area contributed by atoms with Gasteiger partial charge in [0.15, 0.2) is 0 Å². The maximum Gasteiger partial charge on any atom is 0.280 e. The second-order valence-electron chi connectivity index (χ2n) is 3.70. The number of nitrogens with zero attached hydrogens (tertiary/aromatic N) is 1. The third-order valence-corrected chi connectivity index (χ3v) is 2.43. The number of hydrogen-bond donors (Lipinski definition) is 1. The maximum absolute atomic E-state index is 10.9. The molecule has 17 heavy (non-hydrogen) atoms. The molecule has 0 saturated heterocycles. The van der Waals surface area contributed by atoms with Gasteiger partial charge in [-0.15, -0.1) is 0 Å². The summed E-state index contributed by atoms with van der Waals surface area (Å²) in [7, 11) is 0. The highest BCUT2D eigenvalue weighted by Gasteiger charge is 2.17. The van der Waals surface area contributed by atoms with E-state index >= 15 is 0 Å². The van der Waals surface area contributed by atoms with Crippen LogP contribution in [0, 0.1) is 17.0 Å². The second kappa shape index (κ2) is 4.39. The van der Waals surface area contributed by atoms with Crippen LogP contribution in [0.15, 0.2) is 34.7 Å². The molecule has 0 radical (unpaired) electrons. The van der Waals surface area contributed by atoms with E-state index in [-0.39, 0.29) is 12.3 Å². The van der Waals surface area contributed by atoms with Gasteiger partial charge in [-0.05, 0) is 30.7 Å².